The van der Waals surface area contributed by atoms with Crippen LogP contribution >= 0.6 is 0 Å². The molecule has 0 bridgehead atoms. The molecule has 0 aliphatic heterocycles. The first-order valence-electron chi connectivity index (χ1n) is 5.97. The number of methoxy groups -OCH3 is 1. The molecule has 3 N–H and O–H groups in total. The van der Waals surface area contributed by atoms with Crippen molar-refractivity contribution in [1.82, 2.24) is 15.3 Å². The Morgan fingerprint density at radius 3 is 2.94 bits per heavy atom. The fourth-order valence-electron chi connectivity index (χ4n) is 1.91. The largest absolute Gasteiger partial charge is 0.384 e. The Balaban J connectivity index is 1.95. The fourth-order valence-corrected chi connectivity index (χ4v) is 1.91. The number of nitrogen functional groups attached to an aromatic ring is 1. The van der Waals surface area contributed by atoms with Crippen LogP contribution in [0, 0.1) is 5.92 Å². The standard InChI is InChI=1S/C12H18N4O2/c1-12(18-2,8-3-4-8)11(17)15-7-10-14-6-5-9(13)16-10/h5-6,8H,3-4,7H2,1-2H3,(H,15,17)(H2,13,14,16). The third-order valence-corrected chi connectivity index (χ3v) is 3.37. The van der Waals surface area contributed by atoms with Crippen molar-refractivity contribution in [2.75, 3.05) is 12.8 Å². The van der Waals surface area contributed by atoms with Crippen LogP contribution in [0.25, 0.3) is 0 Å². The molecule has 1 aliphatic carbocycles. The van der Waals surface area contributed by atoms with Crippen molar-refractivity contribution in [2.45, 2.75) is 31.9 Å². The third kappa shape index (κ3) is 2.59. The van der Waals surface area contributed by atoms with Crippen molar-refractivity contribution in [3.8, 4) is 0 Å². The van der Waals surface area contributed by atoms with Crippen LogP contribution in [0.15, 0.2) is 12.3 Å². The number of rotatable bonds is 5. The predicted octanol–water partition coefficient (Wildman–Crippen LogP) is 0.490. The number of amides is 1. The highest BCUT2D eigenvalue weighted by atomic mass is 16.5. The molecule has 98 valence electrons. The lowest BCUT2D eigenvalue weighted by Crippen LogP contribution is -2.47. The number of carbonyl (C=O) groups is 1. The van der Waals surface area contributed by atoms with Crippen LogP contribution in [0.5, 0.6) is 0 Å². The van der Waals surface area contributed by atoms with Gasteiger partial charge >= 0.3 is 0 Å². The van der Waals surface area contributed by atoms with Crippen LogP contribution in [-0.2, 0) is 16.1 Å². The summed E-state index contributed by atoms with van der Waals surface area (Å²) in [4.78, 5) is 20.2. The maximum atomic E-state index is 12.1. The summed E-state index contributed by atoms with van der Waals surface area (Å²) in [6.45, 7) is 2.08. The second-order valence-corrected chi connectivity index (χ2v) is 4.67. The van der Waals surface area contributed by atoms with Crippen molar-refractivity contribution >= 4 is 11.7 Å². The van der Waals surface area contributed by atoms with E-state index in [1.807, 2.05) is 6.92 Å². The van der Waals surface area contributed by atoms with Gasteiger partial charge in [0, 0.05) is 13.3 Å². The van der Waals surface area contributed by atoms with Crippen molar-refractivity contribution in [3.05, 3.63) is 18.1 Å². The van der Waals surface area contributed by atoms with E-state index in [-0.39, 0.29) is 12.5 Å². The van der Waals surface area contributed by atoms with Crippen molar-refractivity contribution in [3.63, 3.8) is 0 Å². The second kappa shape index (κ2) is 4.89. The number of nitrogens with two attached hydrogens (primary N) is 1. The van der Waals surface area contributed by atoms with Gasteiger partial charge < -0.3 is 15.8 Å². The molecule has 0 saturated heterocycles. The normalized spacial score (nSPS) is 18.1. The minimum absolute atomic E-state index is 0.126. The van der Waals surface area contributed by atoms with Crippen LogP contribution in [0.4, 0.5) is 5.82 Å². The van der Waals surface area contributed by atoms with Crippen molar-refractivity contribution in [2.24, 2.45) is 5.92 Å². The number of nitrogens with one attached hydrogen (secondary N) is 1. The van der Waals surface area contributed by atoms with E-state index < -0.39 is 5.60 Å². The Labute approximate surface area is 106 Å². The first-order valence-corrected chi connectivity index (χ1v) is 5.97. The molecule has 6 nitrogen and oxygen atoms in total. The molecule has 1 heterocycles. The zero-order valence-corrected chi connectivity index (χ0v) is 10.6. The van der Waals surface area contributed by atoms with Crippen molar-refractivity contribution in [1.29, 1.82) is 0 Å². The summed E-state index contributed by atoms with van der Waals surface area (Å²) in [5, 5.41) is 2.79. The SMILES string of the molecule is COC(C)(C(=O)NCc1nccc(N)n1)C1CC1. The van der Waals surface area contributed by atoms with E-state index in [1.165, 1.54) is 0 Å². The summed E-state index contributed by atoms with van der Waals surface area (Å²) in [6, 6.07) is 1.61. The Bertz CT molecular complexity index is 447. The molecule has 1 amide bonds. The lowest BCUT2D eigenvalue weighted by molar-refractivity contribution is -0.144. The van der Waals surface area contributed by atoms with Gasteiger partial charge in [-0.3, -0.25) is 4.79 Å². The molecule has 1 unspecified atom stereocenters. The van der Waals surface area contributed by atoms with E-state index in [1.54, 1.807) is 19.4 Å². The topological polar surface area (TPSA) is 90.1 Å². The minimum Gasteiger partial charge on any atom is -0.384 e. The number of nitrogens with zero attached hydrogens (tertiary/aromatic N) is 2. The number of ether oxygens (including phenoxy) is 1. The average molecular weight is 250 g/mol. The number of carbonyl (C=O) groups excluding carboxylic acids is 1. The lowest BCUT2D eigenvalue weighted by atomic mass is 9.99. The van der Waals surface area contributed by atoms with E-state index in [4.69, 9.17) is 10.5 Å². The highest BCUT2D eigenvalue weighted by Gasteiger charge is 2.47. The molecule has 2 rings (SSSR count). The Kier molecular flexibility index (Phi) is 3.47. The molecule has 6 heteroatoms. The molecular formula is C12H18N4O2. The van der Waals surface area contributed by atoms with Crippen LogP contribution in [0.2, 0.25) is 0 Å². The predicted molar refractivity (Wildman–Crippen MR) is 66.4 cm³/mol. The van der Waals surface area contributed by atoms with Gasteiger partial charge in [0.1, 0.15) is 17.2 Å². The Morgan fingerprint density at radius 1 is 1.67 bits per heavy atom. The summed E-state index contributed by atoms with van der Waals surface area (Å²) >= 11 is 0. The monoisotopic (exact) mass is 250 g/mol. The molecule has 1 saturated carbocycles. The quantitative estimate of drug-likeness (QED) is 0.793. The number of hydrogen-bond acceptors (Lipinski definition) is 5. The van der Waals surface area contributed by atoms with Gasteiger partial charge in [-0.2, -0.15) is 0 Å². The smallest absolute Gasteiger partial charge is 0.252 e. The summed E-state index contributed by atoms with van der Waals surface area (Å²) in [7, 11) is 1.56. The molecule has 1 fully saturated rings. The highest BCUT2D eigenvalue weighted by Crippen LogP contribution is 2.41. The molecular weight excluding hydrogens is 232 g/mol. The van der Waals surface area contributed by atoms with Gasteiger partial charge in [-0.05, 0) is 31.7 Å². The molecule has 1 aromatic heterocycles. The molecule has 1 aliphatic rings. The van der Waals surface area contributed by atoms with Crippen LogP contribution in [0.3, 0.4) is 0 Å². The van der Waals surface area contributed by atoms with E-state index in [2.05, 4.69) is 15.3 Å². The zero-order valence-electron chi connectivity index (χ0n) is 10.6. The molecule has 0 radical (unpaired) electrons. The number of hydrogen-bond donors (Lipinski definition) is 2. The van der Waals surface area contributed by atoms with Gasteiger partial charge in [0.05, 0.1) is 6.54 Å². The van der Waals surface area contributed by atoms with Gasteiger partial charge in [-0.15, -0.1) is 0 Å². The third-order valence-electron chi connectivity index (χ3n) is 3.37. The van der Waals surface area contributed by atoms with E-state index in [9.17, 15) is 4.79 Å². The van der Waals surface area contributed by atoms with E-state index in [0.717, 1.165) is 12.8 Å². The van der Waals surface area contributed by atoms with Gasteiger partial charge in [0.15, 0.2) is 0 Å². The molecule has 1 aromatic rings. The minimum atomic E-state index is -0.750. The summed E-state index contributed by atoms with van der Waals surface area (Å²) in [5.41, 5.74) is 4.80. The van der Waals surface area contributed by atoms with Crippen LogP contribution in [0.1, 0.15) is 25.6 Å². The Morgan fingerprint density at radius 2 is 2.39 bits per heavy atom. The van der Waals surface area contributed by atoms with Crippen LogP contribution in [-0.4, -0.2) is 28.6 Å². The van der Waals surface area contributed by atoms with E-state index in [0.29, 0.717) is 17.6 Å². The van der Waals surface area contributed by atoms with Crippen molar-refractivity contribution < 1.29 is 9.53 Å². The van der Waals surface area contributed by atoms with Crippen LogP contribution < -0.4 is 11.1 Å². The highest BCUT2D eigenvalue weighted by molar-refractivity contribution is 5.85. The number of aromatic nitrogens is 2. The molecule has 1 atom stereocenters. The maximum absolute atomic E-state index is 12.1. The molecule has 18 heavy (non-hydrogen) atoms. The first-order chi connectivity index (χ1) is 8.56. The number of anilines is 1. The molecule has 0 aromatic carbocycles. The second-order valence-electron chi connectivity index (χ2n) is 4.67. The van der Waals surface area contributed by atoms with Gasteiger partial charge in [-0.1, -0.05) is 0 Å². The average Bonchev–Trinajstić information content (AvgIpc) is 3.19. The summed E-state index contributed by atoms with van der Waals surface area (Å²) in [5.74, 6) is 1.08. The maximum Gasteiger partial charge on any atom is 0.252 e. The molecule has 0 spiro atoms. The van der Waals surface area contributed by atoms with Gasteiger partial charge in [0.25, 0.3) is 5.91 Å². The van der Waals surface area contributed by atoms with E-state index >= 15 is 0 Å². The lowest BCUT2D eigenvalue weighted by Gasteiger charge is -2.26. The summed E-state index contributed by atoms with van der Waals surface area (Å²) < 4.78 is 5.36. The summed E-state index contributed by atoms with van der Waals surface area (Å²) in [6.07, 6.45) is 3.64. The first kappa shape index (κ1) is 12.8. The van der Waals surface area contributed by atoms with Gasteiger partial charge in [-0.25, -0.2) is 9.97 Å². The Hall–Kier alpha value is -1.69. The fraction of sp³-hybridized carbons (Fsp3) is 0.583. The van der Waals surface area contributed by atoms with Gasteiger partial charge in [0.2, 0.25) is 0 Å². The zero-order chi connectivity index (χ0) is 13.2.